The smallest absolute Gasteiger partial charge is 0.264 e. The van der Waals surface area contributed by atoms with Gasteiger partial charge in [-0.3, -0.25) is 39.2 Å². The predicted octanol–water partition coefficient (Wildman–Crippen LogP) is 4.93. The fourth-order valence-electron chi connectivity index (χ4n) is 7.59. The summed E-state index contributed by atoms with van der Waals surface area (Å²) in [6.07, 6.45) is 8.14. The van der Waals surface area contributed by atoms with Crippen molar-refractivity contribution in [3.05, 3.63) is 76.1 Å². The summed E-state index contributed by atoms with van der Waals surface area (Å²) < 4.78 is 6.54. The van der Waals surface area contributed by atoms with Crippen LogP contribution in [0, 0.1) is 17.2 Å². The van der Waals surface area contributed by atoms with E-state index in [2.05, 4.69) is 32.9 Å². The second-order valence-corrected chi connectivity index (χ2v) is 15.1. The molecule has 278 valence electrons. The normalized spacial score (nSPS) is 19.8. The average molecular weight is 749 g/mol. The van der Waals surface area contributed by atoms with Crippen molar-refractivity contribution < 1.29 is 28.7 Å². The van der Waals surface area contributed by atoms with E-state index in [1.807, 2.05) is 18.2 Å². The maximum Gasteiger partial charge on any atom is 0.264 e. The summed E-state index contributed by atoms with van der Waals surface area (Å²) in [5.41, 5.74) is 3.05. The maximum atomic E-state index is 13.4. The minimum atomic E-state index is -0.994. The van der Waals surface area contributed by atoms with Crippen molar-refractivity contribution in [3.8, 4) is 11.8 Å². The molecule has 1 atom stereocenters. The Morgan fingerprint density at radius 2 is 1.89 bits per heavy atom. The van der Waals surface area contributed by atoms with E-state index in [0.29, 0.717) is 41.1 Å². The van der Waals surface area contributed by atoms with Gasteiger partial charge in [-0.1, -0.05) is 6.07 Å². The maximum absolute atomic E-state index is 13.4. The van der Waals surface area contributed by atoms with E-state index in [9.17, 15) is 24.0 Å². The van der Waals surface area contributed by atoms with E-state index in [4.69, 9.17) is 15.0 Å². The molecule has 14 nitrogen and oxygen atoms in total. The van der Waals surface area contributed by atoms with E-state index >= 15 is 0 Å². The SMILES string of the molecule is COc1cc2nc(C3CCC(CN(C)CCCNc4cccc5c4C(=O)N(C4CCC(=O)NC4=O)C5=O)CC3)sc2cc1NC(=O)c1cncc(C#N)c1. The van der Waals surface area contributed by atoms with Crippen molar-refractivity contribution in [3.63, 3.8) is 0 Å². The molecule has 1 unspecified atom stereocenters. The molecule has 2 aromatic heterocycles. The number of benzene rings is 2. The molecule has 3 aliphatic rings. The molecule has 1 aliphatic carbocycles. The summed E-state index contributed by atoms with van der Waals surface area (Å²) in [7, 11) is 3.68. The molecule has 15 heteroatoms. The van der Waals surface area contributed by atoms with Gasteiger partial charge in [0.05, 0.1) is 50.3 Å². The third kappa shape index (κ3) is 7.53. The van der Waals surface area contributed by atoms with Crippen LogP contribution in [0.5, 0.6) is 5.75 Å². The van der Waals surface area contributed by atoms with Crippen molar-refractivity contribution >= 4 is 62.5 Å². The van der Waals surface area contributed by atoms with E-state index in [1.54, 1.807) is 36.6 Å². The lowest BCUT2D eigenvalue weighted by Crippen LogP contribution is -2.54. The van der Waals surface area contributed by atoms with Crippen LogP contribution in [0.25, 0.3) is 10.2 Å². The first-order valence-electron chi connectivity index (χ1n) is 18.1. The van der Waals surface area contributed by atoms with Gasteiger partial charge >= 0.3 is 0 Å². The average Bonchev–Trinajstić information content (AvgIpc) is 3.70. The fraction of sp³-hybridized carbons (Fsp3) is 0.385. The van der Waals surface area contributed by atoms with Gasteiger partial charge in [-0.15, -0.1) is 11.3 Å². The molecule has 54 heavy (non-hydrogen) atoms. The number of fused-ring (bicyclic) bond motifs is 2. The lowest BCUT2D eigenvalue weighted by molar-refractivity contribution is -0.136. The standard InChI is InChI=1S/C39H40N8O6S/c1-46(14-4-13-42-27-6-3-5-26-34(27)39(52)47(38(26)51)30-11-12-33(48)45-36(30)50)21-22-7-9-24(10-8-22)37-44-29-16-31(53-2)28(17-32(29)54-37)43-35(49)25-15-23(18-40)19-41-20-25/h3,5-6,15-17,19-20,22,24,30,42H,4,7-14,21H2,1-2H3,(H,43,49)(H,45,48,50). The second kappa shape index (κ2) is 15.7. The van der Waals surface area contributed by atoms with Gasteiger partial charge in [-0.2, -0.15) is 5.26 Å². The highest BCUT2D eigenvalue weighted by Crippen LogP contribution is 2.41. The van der Waals surface area contributed by atoms with E-state index < -0.39 is 29.7 Å². The number of carbonyl (C=O) groups is 5. The molecule has 1 saturated carbocycles. The highest BCUT2D eigenvalue weighted by atomic mass is 32.1. The second-order valence-electron chi connectivity index (χ2n) is 14.0. The number of nitriles is 1. The quantitative estimate of drug-likeness (QED) is 0.132. The molecular weight excluding hydrogens is 709 g/mol. The van der Waals surface area contributed by atoms with Gasteiger partial charge in [0.15, 0.2) is 0 Å². The zero-order valence-electron chi connectivity index (χ0n) is 30.0. The lowest BCUT2D eigenvalue weighted by Gasteiger charge is -2.30. The molecule has 2 aliphatic heterocycles. The number of imide groups is 2. The highest BCUT2D eigenvalue weighted by Gasteiger charge is 2.45. The summed E-state index contributed by atoms with van der Waals surface area (Å²) in [5, 5.41) is 18.7. The predicted molar refractivity (Wildman–Crippen MR) is 201 cm³/mol. The third-order valence-electron chi connectivity index (χ3n) is 10.4. The number of nitrogens with one attached hydrogen (secondary N) is 3. The van der Waals surface area contributed by atoms with Crippen LogP contribution in [0.3, 0.4) is 0 Å². The summed E-state index contributed by atoms with van der Waals surface area (Å²) in [5.74, 6) is -0.990. The molecule has 0 bridgehead atoms. The van der Waals surface area contributed by atoms with Crippen LogP contribution in [0.15, 0.2) is 48.8 Å². The van der Waals surface area contributed by atoms with E-state index in [-0.39, 0.29) is 35.4 Å². The minimum absolute atomic E-state index is 0.0786. The molecular formula is C39H40N8O6S. The van der Waals surface area contributed by atoms with Crippen molar-refractivity contribution in [2.24, 2.45) is 5.92 Å². The Morgan fingerprint density at radius 3 is 2.65 bits per heavy atom. The van der Waals surface area contributed by atoms with Crippen LogP contribution in [-0.2, 0) is 9.59 Å². The van der Waals surface area contributed by atoms with E-state index in [1.165, 1.54) is 18.5 Å². The van der Waals surface area contributed by atoms with Crippen LogP contribution in [0.1, 0.15) is 92.5 Å². The zero-order valence-corrected chi connectivity index (χ0v) is 30.8. The number of hydrogen-bond donors (Lipinski definition) is 3. The third-order valence-corrected chi connectivity index (χ3v) is 11.6. The topological polar surface area (TPSA) is 187 Å². The molecule has 5 amide bonds. The van der Waals surface area contributed by atoms with Gasteiger partial charge in [-0.25, -0.2) is 4.98 Å². The number of hydrogen-bond acceptors (Lipinski definition) is 12. The number of anilines is 2. The number of carbonyl (C=O) groups excluding carboxylic acids is 5. The number of rotatable bonds is 12. The number of piperidine rings is 1. The van der Waals surface area contributed by atoms with Crippen LogP contribution in [0.2, 0.25) is 0 Å². The Bertz CT molecular complexity index is 2190. The Morgan fingerprint density at radius 1 is 1.07 bits per heavy atom. The first-order valence-corrected chi connectivity index (χ1v) is 18.9. The number of thiazole rings is 1. The monoisotopic (exact) mass is 748 g/mol. The number of aromatic nitrogens is 2. The lowest BCUT2D eigenvalue weighted by atomic mass is 9.82. The summed E-state index contributed by atoms with van der Waals surface area (Å²) in [6.45, 7) is 2.44. The largest absolute Gasteiger partial charge is 0.494 e. The molecule has 3 N–H and O–H groups in total. The van der Waals surface area contributed by atoms with Crippen LogP contribution >= 0.6 is 11.3 Å². The molecule has 4 aromatic rings. The summed E-state index contributed by atoms with van der Waals surface area (Å²) >= 11 is 1.64. The number of nitrogens with zero attached hydrogens (tertiary/aromatic N) is 5. The van der Waals surface area contributed by atoms with Gasteiger partial charge in [0.25, 0.3) is 17.7 Å². The van der Waals surface area contributed by atoms with Gasteiger partial charge in [0.1, 0.15) is 17.9 Å². The molecule has 0 radical (unpaired) electrons. The highest BCUT2D eigenvalue weighted by molar-refractivity contribution is 7.18. The first kappa shape index (κ1) is 36.6. The number of methoxy groups -OCH3 is 1. The minimum Gasteiger partial charge on any atom is -0.494 e. The van der Waals surface area contributed by atoms with Gasteiger partial charge in [0, 0.05) is 49.6 Å². The van der Waals surface area contributed by atoms with Crippen LogP contribution < -0.4 is 20.7 Å². The van der Waals surface area contributed by atoms with Crippen molar-refractivity contribution in [2.75, 3.05) is 44.4 Å². The molecule has 2 fully saturated rings. The first-order chi connectivity index (χ1) is 26.1. The fourth-order valence-corrected chi connectivity index (χ4v) is 8.75. The molecule has 4 heterocycles. The molecule has 1 saturated heterocycles. The number of pyridine rings is 1. The van der Waals surface area contributed by atoms with Crippen molar-refractivity contribution in [1.82, 2.24) is 25.1 Å². The Hall–Kier alpha value is -5.72. The zero-order chi connectivity index (χ0) is 37.9. The molecule has 7 rings (SSSR count). The Balaban J connectivity index is 0.885. The van der Waals surface area contributed by atoms with Gasteiger partial charge < -0.3 is 20.3 Å². The van der Waals surface area contributed by atoms with Crippen LogP contribution in [0.4, 0.5) is 11.4 Å². The number of amides is 5. The van der Waals surface area contributed by atoms with Gasteiger partial charge in [0.2, 0.25) is 11.8 Å². The van der Waals surface area contributed by atoms with Gasteiger partial charge in [-0.05, 0) is 82.3 Å². The van der Waals surface area contributed by atoms with E-state index in [0.717, 1.165) is 65.3 Å². The number of ether oxygens (including phenoxy) is 1. The van der Waals surface area contributed by atoms with Crippen molar-refractivity contribution in [2.45, 2.75) is 56.9 Å². The van der Waals surface area contributed by atoms with Crippen LogP contribution in [-0.4, -0.2) is 89.1 Å². The molecule has 2 aromatic carbocycles. The van der Waals surface area contributed by atoms with Crippen molar-refractivity contribution in [1.29, 1.82) is 5.26 Å². The molecule has 0 spiro atoms. The Labute approximate surface area is 315 Å². The summed E-state index contributed by atoms with van der Waals surface area (Å²) in [6, 6.07) is 11.3. The summed E-state index contributed by atoms with van der Waals surface area (Å²) in [4.78, 5) is 75.8. The Kier molecular flexibility index (Phi) is 10.7.